The monoisotopic (exact) mass is 348 g/mol. The molecule has 0 aliphatic carbocycles. The van der Waals surface area contributed by atoms with Crippen molar-refractivity contribution in [2.75, 3.05) is 7.05 Å². The smallest absolute Gasteiger partial charge is 0.123 e. The number of aryl methyl sites for hydroxylation is 2. The Balaban J connectivity index is 1.52. The van der Waals surface area contributed by atoms with Crippen LogP contribution in [0, 0.1) is 5.82 Å². The van der Waals surface area contributed by atoms with E-state index in [0.29, 0.717) is 12.1 Å². The van der Waals surface area contributed by atoms with Crippen molar-refractivity contribution < 1.29 is 4.39 Å². The molecule has 3 aromatic rings. The maximum Gasteiger partial charge on any atom is 0.123 e. The zero-order valence-corrected chi connectivity index (χ0v) is 15.3. The third-order valence-electron chi connectivity index (χ3n) is 6.47. The van der Waals surface area contributed by atoms with Crippen LogP contribution in [0.4, 0.5) is 4.39 Å². The summed E-state index contributed by atoms with van der Waals surface area (Å²) < 4.78 is 16.5. The Labute approximate surface area is 154 Å². The number of fused-ring (bicyclic) bond motifs is 6. The van der Waals surface area contributed by atoms with Crippen LogP contribution in [0.1, 0.15) is 42.1 Å². The van der Waals surface area contributed by atoms with E-state index in [4.69, 9.17) is 0 Å². The van der Waals surface area contributed by atoms with Gasteiger partial charge in [0.1, 0.15) is 5.82 Å². The van der Waals surface area contributed by atoms with Crippen molar-refractivity contribution >= 4 is 10.9 Å². The first-order chi connectivity index (χ1) is 12.7. The lowest BCUT2D eigenvalue weighted by atomic mass is 9.97. The Morgan fingerprint density at radius 1 is 1.08 bits per heavy atom. The van der Waals surface area contributed by atoms with Gasteiger partial charge < -0.3 is 4.57 Å². The molecule has 2 aromatic carbocycles. The van der Waals surface area contributed by atoms with E-state index in [-0.39, 0.29) is 5.82 Å². The molecular formula is C23H25FN2. The number of hydrogen-bond acceptors (Lipinski definition) is 1. The fourth-order valence-corrected chi connectivity index (χ4v) is 5.17. The van der Waals surface area contributed by atoms with E-state index in [1.807, 2.05) is 6.07 Å². The number of halogens is 1. The third-order valence-corrected chi connectivity index (χ3v) is 6.47. The summed E-state index contributed by atoms with van der Waals surface area (Å²) in [5, 5.41) is 1.14. The second kappa shape index (κ2) is 6.24. The zero-order valence-electron chi connectivity index (χ0n) is 15.3. The summed E-state index contributed by atoms with van der Waals surface area (Å²) in [6.45, 7) is 1.01. The molecule has 26 heavy (non-hydrogen) atoms. The molecular weight excluding hydrogens is 323 g/mol. The molecule has 134 valence electrons. The predicted octanol–water partition coefficient (Wildman–Crippen LogP) is 5.10. The van der Waals surface area contributed by atoms with Gasteiger partial charge in [0.25, 0.3) is 0 Å². The number of nitrogens with zero attached hydrogens (tertiary/aromatic N) is 2. The molecule has 3 heteroatoms. The van der Waals surface area contributed by atoms with E-state index in [0.717, 1.165) is 31.2 Å². The number of aromatic nitrogens is 1. The first-order valence-corrected chi connectivity index (χ1v) is 9.79. The van der Waals surface area contributed by atoms with Crippen molar-refractivity contribution in [3.8, 4) is 0 Å². The van der Waals surface area contributed by atoms with Crippen molar-refractivity contribution in [2.45, 2.75) is 50.7 Å². The SMILES string of the molecule is CN1C2CCC1c1c(n(CCCc3ccccc3)c3ccc(F)cc13)C2. The highest BCUT2D eigenvalue weighted by molar-refractivity contribution is 5.86. The third kappa shape index (κ3) is 2.49. The Morgan fingerprint density at radius 3 is 2.77 bits per heavy atom. The normalized spacial score (nSPS) is 22.1. The van der Waals surface area contributed by atoms with E-state index >= 15 is 0 Å². The summed E-state index contributed by atoms with van der Waals surface area (Å²) in [4.78, 5) is 2.51. The van der Waals surface area contributed by atoms with Crippen LogP contribution in [-0.2, 0) is 19.4 Å². The van der Waals surface area contributed by atoms with Crippen LogP contribution in [0.25, 0.3) is 10.9 Å². The highest BCUT2D eigenvalue weighted by Gasteiger charge is 2.40. The van der Waals surface area contributed by atoms with Crippen LogP contribution in [-0.4, -0.2) is 22.6 Å². The largest absolute Gasteiger partial charge is 0.344 e. The minimum absolute atomic E-state index is 0.121. The van der Waals surface area contributed by atoms with Crippen molar-refractivity contribution in [1.82, 2.24) is 9.47 Å². The van der Waals surface area contributed by atoms with Gasteiger partial charge in [-0.25, -0.2) is 4.39 Å². The van der Waals surface area contributed by atoms with E-state index in [1.165, 1.54) is 35.2 Å². The van der Waals surface area contributed by atoms with E-state index in [1.54, 1.807) is 12.1 Å². The van der Waals surface area contributed by atoms with Gasteiger partial charge in [0, 0.05) is 41.6 Å². The molecule has 1 saturated heterocycles. The van der Waals surface area contributed by atoms with Gasteiger partial charge in [-0.3, -0.25) is 4.90 Å². The first-order valence-electron chi connectivity index (χ1n) is 9.79. The highest BCUT2D eigenvalue weighted by Crippen LogP contribution is 2.46. The predicted molar refractivity (Wildman–Crippen MR) is 104 cm³/mol. The first kappa shape index (κ1) is 16.1. The minimum Gasteiger partial charge on any atom is -0.344 e. The lowest BCUT2D eigenvalue weighted by molar-refractivity contribution is 0.222. The topological polar surface area (TPSA) is 8.17 Å². The van der Waals surface area contributed by atoms with Gasteiger partial charge in [0.15, 0.2) is 0 Å². The molecule has 2 aliphatic heterocycles. The molecule has 0 N–H and O–H groups in total. The quantitative estimate of drug-likeness (QED) is 0.636. The van der Waals surface area contributed by atoms with E-state index in [9.17, 15) is 4.39 Å². The second-order valence-corrected chi connectivity index (χ2v) is 7.88. The van der Waals surface area contributed by atoms with Gasteiger partial charge in [-0.05, 0) is 62.1 Å². The van der Waals surface area contributed by atoms with Gasteiger partial charge in [-0.1, -0.05) is 30.3 Å². The summed E-state index contributed by atoms with van der Waals surface area (Å²) >= 11 is 0. The van der Waals surface area contributed by atoms with Crippen LogP contribution in [0.2, 0.25) is 0 Å². The Bertz CT molecular complexity index is 944. The number of benzene rings is 2. The Morgan fingerprint density at radius 2 is 1.92 bits per heavy atom. The molecule has 0 radical (unpaired) electrons. The summed E-state index contributed by atoms with van der Waals surface area (Å²) in [5.41, 5.74) is 5.47. The van der Waals surface area contributed by atoms with E-state index in [2.05, 4.69) is 46.8 Å². The molecule has 2 atom stereocenters. The Hall–Kier alpha value is -2.13. The van der Waals surface area contributed by atoms with Crippen molar-refractivity contribution in [3.05, 3.63) is 71.2 Å². The molecule has 2 unspecified atom stereocenters. The highest BCUT2D eigenvalue weighted by atomic mass is 19.1. The van der Waals surface area contributed by atoms with E-state index < -0.39 is 0 Å². The molecule has 1 fully saturated rings. The molecule has 5 rings (SSSR count). The molecule has 1 aromatic heterocycles. The van der Waals surface area contributed by atoms with Gasteiger partial charge in [0.2, 0.25) is 0 Å². The molecule has 2 bridgehead atoms. The Kier molecular flexibility index (Phi) is 3.86. The average molecular weight is 348 g/mol. The van der Waals surface area contributed by atoms with Crippen LogP contribution in [0.15, 0.2) is 48.5 Å². The summed E-state index contributed by atoms with van der Waals surface area (Å²) in [6.07, 6.45) is 5.76. The summed E-state index contributed by atoms with van der Waals surface area (Å²) in [5.74, 6) is -0.121. The second-order valence-electron chi connectivity index (χ2n) is 7.88. The maximum absolute atomic E-state index is 14.0. The van der Waals surface area contributed by atoms with Crippen LogP contribution in [0.3, 0.4) is 0 Å². The minimum atomic E-state index is -0.121. The van der Waals surface area contributed by atoms with Gasteiger partial charge in [0.05, 0.1) is 0 Å². The fraction of sp³-hybridized carbons (Fsp3) is 0.391. The summed E-state index contributed by atoms with van der Waals surface area (Å²) in [7, 11) is 2.24. The van der Waals surface area contributed by atoms with Crippen LogP contribution >= 0.6 is 0 Å². The molecule has 2 aliphatic rings. The average Bonchev–Trinajstić information content (AvgIpc) is 3.06. The van der Waals surface area contributed by atoms with Gasteiger partial charge in [-0.2, -0.15) is 0 Å². The summed E-state index contributed by atoms with van der Waals surface area (Å²) in [6, 6.07) is 17.2. The lowest BCUT2D eigenvalue weighted by Crippen LogP contribution is -2.34. The van der Waals surface area contributed by atoms with Gasteiger partial charge >= 0.3 is 0 Å². The number of rotatable bonds is 4. The number of likely N-dealkylation sites (N-methyl/N-ethyl adjacent to an activating group) is 1. The lowest BCUT2D eigenvalue weighted by Gasteiger charge is -2.32. The van der Waals surface area contributed by atoms with Crippen molar-refractivity contribution in [1.29, 1.82) is 0 Å². The molecule has 0 amide bonds. The zero-order chi connectivity index (χ0) is 17.7. The number of hydrogen-bond donors (Lipinski definition) is 0. The maximum atomic E-state index is 14.0. The molecule has 3 heterocycles. The fourth-order valence-electron chi connectivity index (χ4n) is 5.17. The van der Waals surface area contributed by atoms with Crippen LogP contribution in [0.5, 0.6) is 0 Å². The molecule has 0 saturated carbocycles. The van der Waals surface area contributed by atoms with Crippen molar-refractivity contribution in [2.24, 2.45) is 0 Å². The molecule has 0 spiro atoms. The van der Waals surface area contributed by atoms with Crippen LogP contribution < -0.4 is 0 Å². The van der Waals surface area contributed by atoms with Gasteiger partial charge in [-0.15, -0.1) is 0 Å². The molecule has 2 nitrogen and oxygen atoms in total. The van der Waals surface area contributed by atoms with Crippen molar-refractivity contribution in [3.63, 3.8) is 0 Å². The standard InChI is InChI=1S/C23H25FN2/c1-25-18-10-12-21(25)23-19-14-17(24)9-11-20(19)26(22(23)15-18)13-5-8-16-6-3-2-4-7-16/h2-4,6-7,9,11,14,18,21H,5,8,10,12-13,15H2,1H3.